The van der Waals surface area contributed by atoms with Crippen LogP contribution in [0.1, 0.15) is 11.3 Å². The number of hydrogen-bond donors (Lipinski definition) is 0. The number of nitrogens with zero attached hydrogens (tertiary/aromatic N) is 1. The Morgan fingerprint density at radius 2 is 1.68 bits per heavy atom. The predicted molar refractivity (Wildman–Crippen MR) is 87.2 cm³/mol. The molecule has 0 aliphatic carbocycles. The van der Waals surface area contributed by atoms with Crippen LogP contribution in [0.4, 0.5) is 0 Å². The average Bonchev–Trinajstić information content (AvgIpc) is 2.95. The zero-order valence-corrected chi connectivity index (χ0v) is 12.7. The molecule has 0 fully saturated rings. The van der Waals surface area contributed by atoms with E-state index >= 15 is 0 Å². The summed E-state index contributed by atoms with van der Waals surface area (Å²) >= 11 is 0. The molecule has 3 rings (SSSR count). The Morgan fingerprint density at radius 1 is 0.955 bits per heavy atom. The van der Waals surface area contributed by atoms with Gasteiger partial charge in [0, 0.05) is 11.6 Å². The Bertz CT molecular complexity index is 771. The molecule has 0 radical (unpaired) electrons. The van der Waals surface area contributed by atoms with E-state index in [1.54, 1.807) is 11.8 Å². The maximum atomic E-state index is 5.77. The van der Waals surface area contributed by atoms with E-state index in [9.17, 15) is 0 Å². The number of aromatic nitrogens is 1. The van der Waals surface area contributed by atoms with Crippen molar-refractivity contribution in [3.05, 3.63) is 71.9 Å². The predicted octanol–water partition coefficient (Wildman–Crippen LogP) is 3.95. The lowest BCUT2D eigenvalue weighted by Crippen LogP contribution is -2.27. The quantitative estimate of drug-likeness (QED) is 0.681. The summed E-state index contributed by atoms with van der Waals surface area (Å²) in [5, 5.41) is 0. The summed E-state index contributed by atoms with van der Waals surface area (Å²) in [5.74, 6) is 1.72. The van der Waals surface area contributed by atoms with E-state index in [0.717, 1.165) is 28.3 Å². The second-order valence-electron chi connectivity index (χ2n) is 4.99. The molecule has 22 heavy (non-hydrogen) atoms. The van der Waals surface area contributed by atoms with Gasteiger partial charge in [-0.3, -0.25) is 0 Å². The summed E-state index contributed by atoms with van der Waals surface area (Å²) in [6, 6.07) is 20.1. The number of methoxy groups -OCH3 is 1. The van der Waals surface area contributed by atoms with E-state index in [4.69, 9.17) is 9.26 Å². The third-order valence-electron chi connectivity index (χ3n) is 3.50. The largest absolute Gasteiger partial charge is 0.497 e. The number of ether oxygens (including phenoxy) is 1. The molecule has 3 aromatic rings. The number of benzene rings is 2. The molecule has 110 valence electrons. The van der Waals surface area contributed by atoms with E-state index in [1.807, 2.05) is 73.8 Å². The van der Waals surface area contributed by atoms with Gasteiger partial charge < -0.3 is 4.74 Å². The fourth-order valence-corrected chi connectivity index (χ4v) is 2.24. The number of hydrogen-bond acceptors (Lipinski definition) is 2. The Balaban J connectivity index is 1.83. The van der Waals surface area contributed by atoms with Crippen LogP contribution in [0, 0.1) is 0 Å². The monoisotopic (exact) mass is 292 g/mol. The van der Waals surface area contributed by atoms with Crippen LogP contribution in [0.5, 0.6) is 5.75 Å². The molecule has 0 N–H and O–H groups in total. The molecule has 3 heteroatoms. The average molecular weight is 292 g/mol. The fourth-order valence-electron chi connectivity index (χ4n) is 2.24. The lowest BCUT2D eigenvalue weighted by Gasteiger charge is -1.98. The van der Waals surface area contributed by atoms with E-state index in [1.165, 1.54) is 0 Å². The summed E-state index contributed by atoms with van der Waals surface area (Å²) in [5.41, 5.74) is 3.19. The van der Waals surface area contributed by atoms with Gasteiger partial charge in [-0.1, -0.05) is 42.5 Å². The van der Waals surface area contributed by atoms with E-state index in [0.29, 0.717) is 0 Å². The van der Waals surface area contributed by atoms with Gasteiger partial charge in [-0.25, -0.2) is 4.52 Å². The van der Waals surface area contributed by atoms with Gasteiger partial charge in [-0.2, -0.15) is 0 Å². The van der Waals surface area contributed by atoms with Crippen LogP contribution in [-0.4, -0.2) is 7.11 Å². The zero-order valence-electron chi connectivity index (χ0n) is 12.7. The molecule has 0 spiro atoms. The molecule has 0 unspecified atom stereocenters. The SMILES string of the molecule is COc1ccc(/C=C/c2cc(-c3ccccc3)o[n+]2C)cc1. The summed E-state index contributed by atoms with van der Waals surface area (Å²) in [7, 11) is 3.57. The van der Waals surface area contributed by atoms with Crippen molar-refractivity contribution < 1.29 is 14.0 Å². The van der Waals surface area contributed by atoms with Gasteiger partial charge in [0.15, 0.2) is 7.05 Å². The molecule has 0 aliphatic heterocycles. The molecule has 0 saturated carbocycles. The highest BCUT2D eigenvalue weighted by molar-refractivity contribution is 5.69. The van der Waals surface area contributed by atoms with Crippen LogP contribution in [0.2, 0.25) is 0 Å². The second kappa shape index (κ2) is 6.31. The highest BCUT2D eigenvalue weighted by Crippen LogP contribution is 2.20. The highest BCUT2D eigenvalue weighted by atomic mass is 16.5. The third-order valence-corrected chi connectivity index (χ3v) is 3.50. The van der Waals surface area contributed by atoms with Crippen molar-refractivity contribution in [2.45, 2.75) is 0 Å². The number of aryl methyl sites for hydroxylation is 1. The van der Waals surface area contributed by atoms with Crippen molar-refractivity contribution in [1.29, 1.82) is 0 Å². The van der Waals surface area contributed by atoms with Crippen LogP contribution < -0.4 is 9.48 Å². The van der Waals surface area contributed by atoms with Gasteiger partial charge in [0.25, 0.3) is 5.69 Å². The fraction of sp³-hybridized carbons (Fsp3) is 0.105. The summed E-state index contributed by atoms with van der Waals surface area (Å²) < 4.78 is 12.7. The van der Waals surface area contributed by atoms with Crippen molar-refractivity contribution in [2.75, 3.05) is 7.11 Å². The van der Waals surface area contributed by atoms with Crippen molar-refractivity contribution in [1.82, 2.24) is 0 Å². The molecular weight excluding hydrogens is 274 g/mol. The molecule has 1 aromatic heterocycles. The molecule has 2 aromatic carbocycles. The lowest BCUT2D eigenvalue weighted by molar-refractivity contribution is -0.844. The van der Waals surface area contributed by atoms with Crippen LogP contribution in [0.15, 0.2) is 65.2 Å². The first kappa shape index (κ1) is 14.1. The first-order valence-corrected chi connectivity index (χ1v) is 7.14. The van der Waals surface area contributed by atoms with E-state index in [-0.39, 0.29) is 0 Å². The van der Waals surface area contributed by atoms with E-state index in [2.05, 4.69) is 6.08 Å². The summed E-state index contributed by atoms with van der Waals surface area (Å²) in [4.78, 5) is 0. The lowest BCUT2D eigenvalue weighted by atomic mass is 10.1. The minimum Gasteiger partial charge on any atom is -0.497 e. The van der Waals surface area contributed by atoms with Gasteiger partial charge in [-0.05, 0) is 28.5 Å². The number of rotatable bonds is 4. The normalized spacial score (nSPS) is 11.0. The molecule has 0 saturated heterocycles. The minimum atomic E-state index is 0.859. The molecule has 3 nitrogen and oxygen atoms in total. The van der Waals surface area contributed by atoms with Crippen LogP contribution in [-0.2, 0) is 7.05 Å². The van der Waals surface area contributed by atoms with Crippen LogP contribution >= 0.6 is 0 Å². The first-order valence-electron chi connectivity index (χ1n) is 7.14. The Hall–Kier alpha value is -2.81. The van der Waals surface area contributed by atoms with Gasteiger partial charge >= 0.3 is 0 Å². The van der Waals surface area contributed by atoms with Crippen molar-refractivity contribution in [2.24, 2.45) is 7.05 Å². The maximum absolute atomic E-state index is 5.77. The second-order valence-corrected chi connectivity index (χ2v) is 4.99. The topological polar surface area (TPSA) is 26.2 Å². The highest BCUT2D eigenvalue weighted by Gasteiger charge is 2.14. The van der Waals surface area contributed by atoms with Gasteiger partial charge in [0.05, 0.1) is 13.2 Å². The zero-order chi connectivity index (χ0) is 15.4. The van der Waals surface area contributed by atoms with Gasteiger partial charge in [0.1, 0.15) is 5.75 Å². The Labute approximate surface area is 130 Å². The molecule has 0 bridgehead atoms. The standard InChI is InChI=1S/C19H18NO2/c1-20-17(11-8-15-9-12-18(21-2)13-10-15)14-19(22-20)16-6-4-3-5-7-16/h3-14H,1-2H3/q+1/b11-8+. The molecule has 0 amide bonds. The first-order chi connectivity index (χ1) is 10.8. The summed E-state index contributed by atoms with van der Waals surface area (Å²) in [6.45, 7) is 0. The molecule has 1 heterocycles. The van der Waals surface area contributed by atoms with Crippen LogP contribution in [0.25, 0.3) is 23.5 Å². The van der Waals surface area contributed by atoms with Gasteiger partial charge in [-0.15, -0.1) is 0 Å². The molecule has 0 aliphatic rings. The molecular formula is C19H18NO2+. The Morgan fingerprint density at radius 3 is 2.36 bits per heavy atom. The van der Waals surface area contributed by atoms with Crippen LogP contribution in [0.3, 0.4) is 0 Å². The third kappa shape index (κ3) is 3.09. The summed E-state index contributed by atoms with van der Waals surface area (Å²) in [6.07, 6.45) is 4.09. The van der Waals surface area contributed by atoms with Crippen molar-refractivity contribution in [3.63, 3.8) is 0 Å². The Kier molecular flexibility index (Phi) is 4.05. The van der Waals surface area contributed by atoms with Crippen molar-refractivity contribution in [3.8, 4) is 17.1 Å². The van der Waals surface area contributed by atoms with E-state index < -0.39 is 0 Å². The minimum absolute atomic E-state index is 0.859. The smallest absolute Gasteiger partial charge is 0.255 e. The van der Waals surface area contributed by atoms with Crippen molar-refractivity contribution >= 4 is 12.2 Å². The molecule has 0 atom stereocenters. The van der Waals surface area contributed by atoms with Gasteiger partial charge in [0.2, 0.25) is 5.76 Å². The maximum Gasteiger partial charge on any atom is 0.255 e.